The highest BCUT2D eigenvalue weighted by atomic mass is 16.6. The van der Waals surface area contributed by atoms with Gasteiger partial charge >= 0.3 is 12.1 Å². The number of hydrogen-bond donors (Lipinski definition) is 1. The maximum Gasteiger partial charge on any atom is 0.411 e. The summed E-state index contributed by atoms with van der Waals surface area (Å²) in [6.45, 7) is 12.5. The lowest BCUT2D eigenvalue weighted by molar-refractivity contribution is -0.158. The molecule has 0 radical (unpaired) electrons. The van der Waals surface area contributed by atoms with Crippen molar-refractivity contribution in [2.75, 3.05) is 6.54 Å². The van der Waals surface area contributed by atoms with E-state index in [4.69, 9.17) is 9.47 Å². The summed E-state index contributed by atoms with van der Waals surface area (Å²) < 4.78 is 10.8. The number of esters is 1. The number of likely N-dealkylation sites (tertiary alicyclic amines) is 1. The molecule has 1 rings (SSSR count). The van der Waals surface area contributed by atoms with Gasteiger partial charge in [-0.05, 0) is 53.5 Å². The number of amides is 1. The minimum absolute atomic E-state index is 0.0185. The number of carbonyl (C=O) groups excluding carboxylic acids is 2. The Morgan fingerprint density at radius 1 is 1.17 bits per heavy atom. The summed E-state index contributed by atoms with van der Waals surface area (Å²) in [5.41, 5.74) is -0.869. The summed E-state index contributed by atoms with van der Waals surface area (Å²) in [6.07, 6.45) is 0.893. The number of allylic oxidation sites excluding steroid dienone is 1. The minimum Gasteiger partial charge on any atom is -0.458 e. The molecule has 1 N–H and O–H groups in total. The molecular formula is C17H29NO5. The molecule has 0 aromatic carbocycles. The maximum atomic E-state index is 12.5. The summed E-state index contributed by atoms with van der Waals surface area (Å²) in [5.74, 6) is -0.556. The van der Waals surface area contributed by atoms with Gasteiger partial charge in [0.2, 0.25) is 0 Å². The number of nitrogens with zero attached hydrogens (tertiary/aromatic N) is 1. The van der Waals surface area contributed by atoms with Crippen molar-refractivity contribution in [2.24, 2.45) is 0 Å². The minimum atomic E-state index is -0.945. The van der Waals surface area contributed by atoms with Crippen LogP contribution in [0.5, 0.6) is 0 Å². The Balaban J connectivity index is 3.10. The number of ether oxygens (including phenoxy) is 2. The molecule has 6 heteroatoms. The van der Waals surface area contributed by atoms with Crippen LogP contribution in [0.15, 0.2) is 11.6 Å². The van der Waals surface area contributed by atoms with Crippen molar-refractivity contribution >= 4 is 12.1 Å². The first kappa shape index (κ1) is 19.5. The van der Waals surface area contributed by atoms with Crippen LogP contribution >= 0.6 is 0 Å². The molecule has 1 aliphatic rings. The van der Waals surface area contributed by atoms with Crippen LogP contribution in [-0.4, -0.2) is 52.0 Å². The number of aliphatic hydroxyl groups is 1. The first-order valence-corrected chi connectivity index (χ1v) is 7.96. The lowest BCUT2D eigenvalue weighted by atomic mass is 10.0. The third kappa shape index (κ3) is 5.53. The van der Waals surface area contributed by atoms with Crippen molar-refractivity contribution < 1.29 is 24.2 Å². The van der Waals surface area contributed by atoms with Gasteiger partial charge in [-0.3, -0.25) is 4.90 Å². The molecule has 0 aliphatic carbocycles. The average molecular weight is 327 g/mol. The first-order chi connectivity index (χ1) is 10.4. The molecule has 1 heterocycles. The largest absolute Gasteiger partial charge is 0.458 e. The highest BCUT2D eigenvalue weighted by Gasteiger charge is 2.46. The summed E-state index contributed by atoms with van der Waals surface area (Å²) in [7, 11) is 0. The number of carbonyl (C=O) groups is 2. The summed E-state index contributed by atoms with van der Waals surface area (Å²) >= 11 is 0. The zero-order valence-corrected chi connectivity index (χ0v) is 15.2. The lowest BCUT2D eigenvalue weighted by Crippen LogP contribution is -2.46. The predicted molar refractivity (Wildman–Crippen MR) is 87.0 cm³/mol. The Labute approximate surface area is 138 Å². The van der Waals surface area contributed by atoms with Crippen molar-refractivity contribution in [3.63, 3.8) is 0 Å². The molecule has 6 nitrogen and oxygen atoms in total. The van der Waals surface area contributed by atoms with E-state index in [1.54, 1.807) is 47.6 Å². The molecule has 132 valence electrons. The monoisotopic (exact) mass is 327 g/mol. The summed E-state index contributed by atoms with van der Waals surface area (Å²) in [4.78, 5) is 26.2. The normalized spacial score (nSPS) is 24.0. The van der Waals surface area contributed by atoms with Gasteiger partial charge in [-0.2, -0.15) is 0 Å². The Kier molecular flexibility index (Phi) is 5.85. The quantitative estimate of drug-likeness (QED) is 0.623. The van der Waals surface area contributed by atoms with Gasteiger partial charge in [-0.25, -0.2) is 9.59 Å². The SMILES string of the molecule is CC/C=C1\[C@@H](C(=O)OC(C)(C)C)N(C(=O)OC(C)(C)C)C[C@@H]1O. The highest BCUT2D eigenvalue weighted by Crippen LogP contribution is 2.29. The lowest BCUT2D eigenvalue weighted by Gasteiger charge is -2.29. The second kappa shape index (κ2) is 6.91. The molecule has 0 spiro atoms. The van der Waals surface area contributed by atoms with E-state index in [1.807, 2.05) is 6.92 Å². The molecule has 0 unspecified atom stereocenters. The Morgan fingerprint density at radius 2 is 1.70 bits per heavy atom. The van der Waals surface area contributed by atoms with E-state index >= 15 is 0 Å². The third-order valence-electron chi connectivity index (χ3n) is 3.08. The molecular weight excluding hydrogens is 298 g/mol. The first-order valence-electron chi connectivity index (χ1n) is 7.96. The van der Waals surface area contributed by atoms with E-state index in [9.17, 15) is 14.7 Å². The number of aliphatic hydroxyl groups excluding tert-OH is 1. The molecule has 0 aromatic rings. The Bertz CT molecular complexity index is 484. The highest BCUT2D eigenvalue weighted by molar-refractivity contribution is 5.86. The number of hydrogen-bond acceptors (Lipinski definition) is 5. The Hall–Kier alpha value is -1.56. The van der Waals surface area contributed by atoms with E-state index in [0.717, 1.165) is 0 Å². The maximum absolute atomic E-state index is 12.5. The molecule has 0 saturated carbocycles. The Morgan fingerprint density at radius 3 is 2.13 bits per heavy atom. The van der Waals surface area contributed by atoms with Gasteiger partial charge in [0, 0.05) is 0 Å². The van der Waals surface area contributed by atoms with Crippen molar-refractivity contribution in [3.8, 4) is 0 Å². The second-order valence-corrected chi connectivity index (χ2v) is 7.70. The zero-order valence-electron chi connectivity index (χ0n) is 15.2. The van der Waals surface area contributed by atoms with Gasteiger partial charge in [-0.1, -0.05) is 13.0 Å². The molecule has 1 aliphatic heterocycles. The molecule has 1 saturated heterocycles. The van der Waals surface area contributed by atoms with Gasteiger partial charge in [-0.15, -0.1) is 0 Å². The zero-order chi connectivity index (χ0) is 18.0. The standard InChI is InChI=1S/C17H29NO5/c1-8-9-11-12(19)10-18(15(21)23-17(5,6)7)13(11)14(20)22-16(2,3)4/h9,12-13,19H,8,10H2,1-7H3/b11-9-/t12-,13-/m0/s1. The van der Waals surface area contributed by atoms with Crippen LogP contribution in [0, 0.1) is 0 Å². The third-order valence-corrected chi connectivity index (χ3v) is 3.08. The average Bonchev–Trinajstić information content (AvgIpc) is 2.63. The fourth-order valence-electron chi connectivity index (χ4n) is 2.36. The van der Waals surface area contributed by atoms with Crippen LogP contribution in [0.25, 0.3) is 0 Å². The van der Waals surface area contributed by atoms with Gasteiger partial charge < -0.3 is 14.6 Å². The van der Waals surface area contributed by atoms with Gasteiger partial charge in [0.25, 0.3) is 0 Å². The van der Waals surface area contributed by atoms with Crippen molar-refractivity contribution in [2.45, 2.75) is 78.2 Å². The van der Waals surface area contributed by atoms with Crippen molar-refractivity contribution in [3.05, 3.63) is 11.6 Å². The smallest absolute Gasteiger partial charge is 0.411 e. The van der Waals surface area contributed by atoms with Crippen molar-refractivity contribution in [1.29, 1.82) is 0 Å². The molecule has 0 aromatic heterocycles. The van der Waals surface area contributed by atoms with Crippen LogP contribution < -0.4 is 0 Å². The predicted octanol–water partition coefficient (Wildman–Crippen LogP) is 2.64. The topological polar surface area (TPSA) is 76.1 Å². The van der Waals surface area contributed by atoms with Crippen LogP contribution in [0.2, 0.25) is 0 Å². The van der Waals surface area contributed by atoms with Crippen molar-refractivity contribution in [1.82, 2.24) is 4.90 Å². The fourth-order valence-corrected chi connectivity index (χ4v) is 2.36. The molecule has 1 fully saturated rings. The molecule has 2 atom stereocenters. The van der Waals surface area contributed by atoms with E-state index in [2.05, 4.69) is 0 Å². The summed E-state index contributed by atoms with van der Waals surface area (Å²) in [6, 6.07) is -0.945. The van der Waals surface area contributed by atoms with Crippen LogP contribution in [0.3, 0.4) is 0 Å². The molecule has 23 heavy (non-hydrogen) atoms. The molecule has 1 amide bonds. The van der Waals surface area contributed by atoms with Gasteiger partial charge in [0.05, 0.1) is 12.6 Å². The van der Waals surface area contributed by atoms with E-state index in [1.165, 1.54) is 4.90 Å². The van der Waals surface area contributed by atoms with Crippen LogP contribution in [0.1, 0.15) is 54.9 Å². The van der Waals surface area contributed by atoms with E-state index in [0.29, 0.717) is 12.0 Å². The number of rotatable bonds is 2. The van der Waals surface area contributed by atoms with Crippen LogP contribution in [0.4, 0.5) is 4.79 Å². The fraction of sp³-hybridized carbons (Fsp3) is 0.765. The van der Waals surface area contributed by atoms with Crippen LogP contribution in [-0.2, 0) is 14.3 Å². The second-order valence-electron chi connectivity index (χ2n) is 7.70. The van der Waals surface area contributed by atoms with Gasteiger partial charge in [0.15, 0.2) is 6.04 Å². The molecule has 0 bridgehead atoms. The van der Waals surface area contributed by atoms with E-state index in [-0.39, 0.29) is 6.54 Å². The summed E-state index contributed by atoms with van der Waals surface area (Å²) in [5, 5.41) is 10.2. The van der Waals surface area contributed by atoms with E-state index < -0.39 is 35.4 Å². The van der Waals surface area contributed by atoms with Gasteiger partial charge in [0.1, 0.15) is 11.2 Å². The number of β-amino-alcohol motifs (C(OH)–C–C–N with tert-alkyl or cyclic N) is 1.